The zero-order valence-corrected chi connectivity index (χ0v) is 37.6. The predicted molar refractivity (Wildman–Crippen MR) is 255 cm³/mol. The van der Waals surface area contributed by atoms with Gasteiger partial charge in [0.05, 0.1) is 30.1 Å². The number of urea groups is 1. The average Bonchev–Trinajstić information content (AvgIpc) is 3.35. The van der Waals surface area contributed by atoms with Crippen molar-refractivity contribution in [2.75, 3.05) is 51.2 Å². The maximum Gasteiger partial charge on any atom is 0.338 e. The van der Waals surface area contributed by atoms with Crippen molar-refractivity contribution in [3.63, 3.8) is 0 Å². The summed E-state index contributed by atoms with van der Waals surface area (Å²) in [6.07, 6.45) is 1.47. The normalized spacial score (nSPS) is 17.3. The topological polar surface area (TPSA) is 183 Å². The number of phenolic OH excluding ortho intramolecular Hbond substituents is 1. The second-order valence-electron chi connectivity index (χ2n) is 17.2. The van der Waals surface area contributed by atoms with Crippen LogP contribution >= 0.6 is 0 Å². The number of anilines is 1. The summed E-state index contributed by atoms with van der Waals surface area (Å²) in [6, 6.07) is 37.8. The number of hydrogen-bond donors (Lipinski definition) is 5. The quantitative estimate of drug-likeness (QED) is 0.0508. The molecule has 14 nitrogen and oxygen atoms in total. The van der Waals surface area contributed by atoms with Crippen LogP contribution in [0.2, 0.25) is 0 Å². The van der Waals surface area contributed by atoms with Gasteiger partial charge in [0.15, 0.2) is 0 Å². The highest BCUT2D eigenvalue weighted by molar-refractivity contribution is 5.90. The number of aliphatic hydroxyl groups is 1. The Morgan fingerprint density at radius 3 is 2.34 bits per heavy atom. The number of ether oxygens (including phenoxy) is 3. The van der Waals surface area contributed by atoms with E-state index in [0.29, 0.717) is 47.0 Å². The minimum Gasteiger partial charge on any atom is -0.506 e. The van der Waals surface area contributed by atoms with Crippen molar-refractivity contribution in [3.8, 4) is 11.5 Å². The highest BCUT2D eigenvalue weighted by atomic mass is 16.5. The van der Waals surface area contributed by atoms with Crippen molar-refractivity contribution in [2.24, 2.45) is 5.92 Å². The summed E-state index contributed by atoms with van der Waals surface area (Å²) >= 11 is 0. The number of nitrogens with zero attached hydrogens (tertiary/aromatic N) is 2. The van der Waals surface area contributed by atoms with E-state index in [1.807, 2.05) is 85.8 Å². The molecule has 67 heavy (non-hydrogen) atoms. The van der Waals surface area contributed by atoms with Crippen LogP contribution in [0.15, 0.2) is 132 Å². The van der Waals surface area contributed by atoms with Crippen LogP contribution in [-0.2, 0) is 27.4 Å². The van der Waals surface area contributed by atoms with E-state index in [2.05, 4.69) is 20.5 Å². The number of rotatable bonds is 19. The first-order valence-corrected chi connectivity index (χ1v) is 22.9. The summed E-state index contributed by atoms with van der Waals surface area (Å²) in [5.41, 5.74) is 5.27. The summed E-state index contributed by atoms with van der Waals surface area (Å²) in [5.74, 6) is 0.165. The smallest absolute Gasteiger partial charge is 0.338 e. The van der Waals surface area contributed by atoms with Crippen LogP contribution in [0.5, 0.6) is 11.5 Å². The van der Waals surface area contributed by atoms with Gasteiger partial charge in [0.1, 0.15) is 30.8 Å². The first-order chi connectivity index (χ1) is 32.6. The predicted octanol–water partition coefficient (Wildman–Crippen LogP) is 7.51. The molecular weight excluding hydrogens is 851 g/mol. The minimum absolute atomic E-state index is 0.0109. The van der Waals surface area contributed by atoms with Gasteiger partial charge in [-0.15, -0.1) is 0 Å². The van der Waals surface area contributed by atoms with Crippen molar-refractivity contribution in [2.45, 2.75) is 57.5 Å². The number of benzene rings is 5. The maximum absolute atomic E-state index is 13.4. The molecule has 3 aliphatic rings. The van der Waals surface area contributed by atoms with E-state index in [1.165, 1.54) is 12.1 Å². The lowest BCUT2D eigenvalue weighted by Crippen LogP contribution is -2.52. The SMILES string of the molecule is CCN(CCOC(=O)c1ccc(COc2cccc([C@@H](CC(=O)O[C@H]3CN4CCC3CC4)c3ccccc3)c2)cc1)C(=O)Nc1ccc(CNC[C@H](O)c2ccc(O)c3[nH]c(=O)ccc23)cc1. The second kappa shape index (κ2) is 22.0. The number of carbonyl (C=O) groups is 3. The van der Waals surface area contributed by atoms with E-state index in [0.717, 1.165) is 54.7 Å². The molecule has 2 amide bonds. The average molecular weight is 908 g/mol. The number of likely N-dealkylation sites (N-methyl/N-ethyl adjacent to an activating group) is 1. The molecule has 4 heterocycles. The Hall–Kier alpha value is -7.00. The summed E-state index contributed by atoms with van der Waals surface area (Å²) in [7, 11) is 0. The third-order valence-corrected chi connectivity index (χ3v) is 12.7. The number of esters is 2. The zero-order chi connectivity index (χ0) is 46.7. The monoisotopic (exact) mass is 907 g/mol. The molecule has 2 bridgehead atoms. The number of hydrogen-bond acceptors (Lipinski definition) is 11. The standard InChI is InChI=1S/C53H57N5O9/c1-2-58(53(64)55-41-17-13-35(14-18-41)31-54-32-47(60)43-19-21-46(59)51-44(43)20-22-49(61)56-51)27-28-65-52(63)39-15-11-36(12-16-39)34-66-42-10-6-9-40(29-42)45(37-7-4-3-5-8-37)30-50(62)67-48-33-57-25-23-38(48)24-26-57/h3-22,29,38,45,47-48,54,59-60H,2,23-28,30-34H2,1H3,(H,55,64)(H,56,61)/t45-,47-,48-/m0/s1. The van der Waals surface area contributed by atoms with Crippen molar-refractivity contribution < 1.29 is 38.8 Å². The van der Waals surface area contributed by atoms with Crippen molar-refractivity contribution in [1.82, 2.24) is 20.1 Å². The first-order valence-electron chi connectivity index (χ1n) is 22.9. The number of fused-ring (bicyclic) bond motifs is 4. The highest BCUT2D eigenvalue weighted by Crippen LogP contribution is 2.34. The first kappa shape index (κ1) is 46.5. The van der Waals surface area contributed by atoms with Crippen LogP contribution in [-0.4, -0.2) is 94.9 Å². The number of phenols is 1. The molecule has 6 aromatic rings. The van der Waals surface area contributed by atoms with Gasteiger partial charge >= 0.3 is 18.0 Å². The number of aromatic amines is 1. The third kappa shape index (κ3) is 12.1. The van der Waals surface area contributed by atoms with Gasteiger partial charge < -0.3 is 44.9 Å². The third-order valence-electron chi connectivity index (χ3n) is 12.7. The fraction of sp³-hybridized carbons (Fsp3) is 0.321. The fourth-order valence-electron chi connectivity index (χ4n) is 8.92. The van der Waals surface area contributed by atoms with Gasteiger partial charge in [0, 0.05) is 49.2 Å². The maximum atomic E-state index is 13.4. The van der Waals surface area contributed by atoms with E-state index in [4.69, 9.17) is 14.2 Å². The minimum atomic E-state index is -0.889. The number of aliphatic hydroxyl groups excluding tert-OH is 1. The molecule has 3 aliphatic heterocycles. The van der Waals surface area contributed by atoms with Gasteiger partial charge in [-0.25, -0.2) is 9.59 Å². The van der Waals surface area contributed by atoms with Crippen LogP contribution in [0.3, 0.4) is 0 Å². The lowest BCUT2D eigenvalue weighted by Gasteiger charge is -2.44. The van der Waals surface area contributed by atoms with E-state index in [9.17, 15) is 29.4 Å². The molecule has 0 saturated carbocycles. The lowest BCUT2D eigenvalue weighted by atomic mass is 9.85. The van der Waals surface area contributed by atoms with Gasteiger partial charge in [-0.3, -0.25) is 14.5 Å². The Morgan fingerprint density at radius 1 is 0.866 bits per heavy atom. The van der Waals surface area contributed by atoms with Gasteiger partial charge in [-0.1, -0.05) is 72.8 Å². The van der Waals surface area contributed by atoms with E-state index in [1.54, 1.807) is 41.3 Å². The Bertz CT molecular complexity index is 2690. The van der Waals surface area contributed by atoms with E-state index >= 15 is 0 Å². The molecule has 9 rings (SSSR count). The number of nitrogens with one attached hydrogen (secondary N) is 3. The van der Waals surface area contributed by atoms with Crippen molar-refractivity contribution in [1.29, 1.82) is 0 Å². The van der Waals surface area contributed by atoms with Crippen molar-refractivity contribution in [3.05, 3.63) is 171 Å². The number of amides is 2. The Labute approximate surface area is 389 Å². The molecule has 3 fully saturated rings. The molecule has 0 unspecified atom stereocenters. The molecule has 5 N–H and O–H groups in total. The zero-order valence-electron chi connectivity index (χ0n) is 37.6. The lowest BCUT2D eigenvalue weighted by molar-refractivity contribution is -0.159. The number of aromatic nitrogens is 1. The Morgan fingerprint density at radius 2 is 1.61 bits per heavy atom. The number of aromatic hydroxyl groups is 1. The van der Waals surface area contributed by atoms with Gasteiger partial charge in [-0.2, -0.15) is 0 Å². The molecule has 348 valence electrons. The largest absolute Gasteiger partial charge is 0.506 e. The van der Waals surface area contributed by atoms with E-state index < -0.39 is 12.1 Å². The molecule has 0 radical (unpaired) electrons. The van der Waals surface area contributed by atoms with Gasteiger partial charge in [-0.05, 0) is 115 Å². The number of H-pyrrole nitrogens is 1. The molecule has 14 heteroatoms. The molecule has 5 aromatic carbocycles. The number of pyridine rings is 1. The molecule has 3 atom stereocenters. The molecule has 0 aliphatic carbocycles. The Kier molecular flexibility index (Phi) is 15.3. The van der Waals surface area contributed by atoms with E-state index in [-0.39, 0.29) is 73.6 Å². The number of carbonyl (C=O) groups excluding carboxylic acids is 3. The van der Waals surface area contributed by atoms with Gasteiger partial charge in [0.25, 0.3) is 0 Å². The summed E-state index contributed by atoms with van der Waals surface area (Å²) in [5, 5.41) is 27.7. The number of piperidine rings is 3. The summed E-state index contributed by atoms with van der Waals surface area (Å²) < 4.78 is 17.8. The van der Waals surface area contributed by atoms with Crippen LogP contribution in [0, 0.1) is 5.92 Å². The molecular formula is C53H57N5O9. The second-order valence-corrected chi connectivity index (χ2v) is 17.2. The fourth-order valence-corrected chi connectivity index (χ4v) is 8.92. The van der Waals surface area contributed by atoms with Crippen molar-refractivity contribution >= 4 is 34.6 Å². The Balaban J connectivity index is 0.766. The molecule has 1 aromatic heterocycles. The highest BCUT2D eigenvalue weighted by Gasteiger charge is 2.37. The molecule has 3 saturated heterocycles. The van der Waals surface area contributed by atoms with Crippen LogP contribution in [0.25, 0.3) is 10.9 Å². The van der Waals surface area contributed by atoms with Gasteiger partial charge in [0.2, 0.25) is 5.56 Å². The summed E-state index contributed by atoms with van der Waals surface area (Å²) in [4.78, 5) is 57.7. The van der Waals surface area contributed by atoms with Crippen LogP contribution < -0.4 is 20.9 Å². The van der Waals surface area contributed by atoms with Crippen LogP contribution in [0.1, 0.15) is 76.4 Å². The summed E-state index contributed by atoms with van der Waals surface area (Å²) in [6.45, 7) is 6.40. The van der Waals surface area contributed by atoms with Crippen LogP contribution in [0.4, 0.5) is 10.5 Å². The molecule has 0 spiro atoms.